The molecule has 0 atom stereocenters. The molecule has 0 aliphatic heterocycles. The van der Waals surface area contributed by atoms with Crippen molar-refractivity contribution >= 4 is 5.78 Å². The Kier molecular flexibility index (Phi) is 1.99. The molecule has 0 saturated carbocycles. The van der Waals surface area contributed by atoms with Crippen LogP contribution in [0.1, 0.15) is 12.5 Å². The molecule has 6 nitrogen and oxygen atoms in total. The van der Waals surface area contributed by atoms with Crippen LogP contribution in [0.15, 0.2) is 11.1 Å². The number of aryl methyl sites for hydroxylation is 2. The summed E-state index contributed by atoms with van der Waals surface area (Å²) in [6.45, 7) is 1.79. The molecule has 0 aliphatic rings. The molecule has 0 aliphatic carbocycles. The maximum Gasteiger partial charge on any atom is 0.358 e. The first-order valence-electron chi connectivity index (χ1n) is 4.70. The summed E-state index contributed by atoms with van der Waals surface area (Å²) in [6.07, 6.45) is 1.93. The van der Waals surface area contributed by atoms with E-state index in [1.165, 1.54) is 15.4 Å². The molecule has 0 aromatic carbocycles. The van der Waals surface area contributed by atoms with Crippen molar-refractivity contribution in [1.82, 2.24) is 14.2 Å². The Morgan fingerprint density at radius 3 is 2.87 bits per heavy atom. The van der Waals surface area contributed by atoms with E-state index in [2.05, 4.69) is 5.10 Å². The predicted octanol–water partition coefficient (Wildman–Crippen LogP) is -1.51. The monoisotopic (exact) mass is 208 g/mol. The molecule has 0 amide bonds. The highest BCUT2D eigenvalue weighted by atomic mass is 16.3. The lowest BCUT2D eigenvalue weighted by Crippen LogP contribution is -2.34. The van der Waals surface area contributed by atoms with Gasteiger partial charge in [0, 0.05) is 12.9 Å². The van der Waals surface area contributed by atoms with Gasteiger partial charge in [-0.05, 0) is 16.0 Å². The summed E-state index contributed by atoms with van der Waals surface area (Å²) >= 11 is 0. The first-order chi connectivity index (χ1) is 7.07. The van der Waals surface area contributed by atoms with Gasteiger partial charge >= 0.3 is 11.3 Å². The van der Waals surface area contributed by atoms with Gasteiger partial charge in [0.1, 0.15) is 0 Å². The van der Waals surface area contributed by atoms with Gasteiger partial charge in [-0.2, -0.15) is 0 Å². The van der Waals surface area contributed by atoms with Crippen LogP contribution >= 0.6 is 0 Å². The summed E-state index contributed by atoms with van der Waals surface area (Å²) in [4.78, 5) is 11.8. The lowest BCUT2D eigenvalue weighted by atomic mass is 10.2. The molecule has 0 radical (unpaired) electrons. The fourth-order valence-corrected chi connectivity index (χ4v) is 1.72. The van der Waals surface area contributed by atoms with E-state index in [-0.39, 0.29) is 17.0 Å². The van der Waals surface area contributed by atoms with Crippen LogP contribution < -0.4 is 15.2 Å². The minimum atomic E-state index is -0.323. The molecule has 2 rings (SSSR count). The molecule has 80 valence electrons. The highest BCUT2D eigenvalue weighted by Crippen LogP contribution is 2.09. The van der Waals surface area contributed by atoms with E-state index >= 15 is 0 Å². The maximum atomic E-state index is 11.8. The van der Waals surface area contributed by atoms with Crippen molar-refractivity contribution < 1.29 is 9.67 Å². The van der Waals surface area contributed by atoms with E-state index in [0.717, 1.165) is 0 Å². The SMILES string of the molecule is CCc1c([O-])n(C)c2n(nc[n+]2C)c1=O. The van der Waals surface area contributed by atoms with Crippen LogP contribution in [0.4, 0.5) is 0 Å². The molecule has 0 saturated heterocycles. The lowest BCUT2D eigenvalue weighted by molar-refractivity contribution is -0.649. The van der Waals surface area contributed by atoms with E-state index in [1.54, 1.807) is 25.6 Å². The van der Waals surface area contributed by atoms with Crippen molar-refractivity contribution in [2.75, 3.05) is 0 Å². The predicted molar refractivity (Wildman–Crippen MR) is 50.4 cm³/mol. The average Bonchev–Trinajstić information content (AvgIpc) is 2.58. The van der Waals surface area contributed by atoms with E-state index < -0.39 is 0 Å². The highest BCUT2D eigenvalue weighted by Gasteiger charge is 2.17. The minimum absolute atomic E-state index is 0.244. The Labute approximate surface area is 86.0 Å². The van der Waals surface area contributed by atoms with Crippen LogP contribution in [-0.2, 0) is 20.5 Å². The van der Waals surface area contributed by atoms with Gasteiger partial charge in [0.05, 0.1) is 12.6 Å². The van der Waals surface area contributed by atoms with Crippen molar-refractivity contribution in [3.8, 4) is 5.88 Å². The van der Waals surface area contributed by atoms with Crippen LogP contribution in [-0.4, -0.2) is 14.2 Å². The second-order valence-electron chi connectivity index (χ2n) is 3.46. The van der Waals surface area contributed by atoms with Crippen LogP contribution in [0.2, 0.25) is 0 Å². The third-order valence-electron chi connectivity index (χ3n) is 2.51. The number of fused-ring (bicyclic) bond motifs is 1. The fraction of sp³-hybridized carbons (Fsp3) is 0.444. The van der Waals surface area contributed by atoms with Gasteiger partial charge in [0.2, 0.25) is 6.33 Å². The number of rotatable bonds is 1. The zero-order valence-electron chi connectivity index (χ0n) is 8.89. The maximum absolute atomic E-state index is 11.8. The molecule has 15 heavy (non-hydrogen) atoms. The molecule has 2 heterocycles. The van der Waals surface area contributed by atoms with Gasteiger partial charge in [-0.15, -0.1) is 0 Å². The molecular weight excluding hydrogens is 196 g/mol. The van der Waals surface area contributed by atoms with Crippen molar-refractivity contribution in [2.24, 2.45) is 14.1 Å². The van der Waals surface area contributed by atoms with Gasteiger partial charge in [0.15, 0.2) is 0 Å². The largest absolute Gasteiger partial charge is 0.851 e. The molecule has 0 bridgehead atoms. The molecule has 0 N–H and O–H groups in total. The van der Waals surface area contributed by atoms with E-state index in [4.69, 9.17) is 0 Å². The molecule has 0 spiro atoms. The van der Waals surface area contributed by atoms with Gasteiger partial charge in [-0.1, -0.05) is 6.92 Å². The van der Waals surface area contributed by atoms with Crippen LogP contribution in [0, 0.1) is 0 Å². The number of hydrogen-bond donors (Lipinski definition) is 0. The lowest BCUT2D eigenvalue weighted by Gasteiger charge is -2.13. The molecular formula is C9H12N4O2. The van der Waals surface area contributed by atoms with Crippen LogP contribution in [0.25, 0.3) is 5.78 Å². The Morgan fingerprint density at radius 1 is 1.60 bits per heavy atom. The summed E-state index contributed by atoms with van der Waals surface area (Å²) in [5.74, 6) is 0.244. The van der Waals surface area contributed by atoms with E-state index in [9.17, 15) is 9.90 Å². The summed E-state index contributed by atoms with van der Waals surface area (Å²) in [5.41, 5.74) is -0.0510. The van der Waals surface area contributed by atoms with Gasteiger partial charge < -0.3 is 5.11 Å². The Morgan fingerprint density at radius 2 is 2.27 bits per heavy atom. The van der Waals surface area contributed by atoms with E-state index in [0.29, 0.717) is 12.2 Å². The fourth-order valence-electron chi connectivity index (χ4n) is 1.72. The second-order valence-corrected chi connectivity index (χ2v) is 3.46. The highest BCUT2D eigenvalue weighted by molar-refractivity contribution is 5.32. The third-order valence-corrected chi connectivity index (χ3v) is 2.51. The first kappa shape index (κ1) is 9.70. The Hall–Kier alpha value is -1.85. The smallest absolute Gasteiger partial charge is 0.358 e. The van der Waals surface area contributed by atoms with Crippen molar-refractivity contribution in [2.45, 2.75) is 13.3 Å². The zero-order valence-corrected chi connectivity index (χ0v) is 8.89. The Bertz CT molecular complexity index is 582. The quantitative estimate of drug-likeness (QED) is 0.535. The third kappa shape index (κ3) is 1.14. The normalized spacial score (nSPS) is 11.1. The van der Waals surface area contributed by atoms with Gasteiger partial charge in [0.25, 0.3) is 0 Å². The average molecular weight is 208 g/mol. The van der Waals surface area contributed by atoms with Gasteiger partial charge in [-0.25, -0.2) is 4.57 Å². The number of nitrogens with zero attached hydrogens (tertiary/aromatic N) is 4. The number of hydrogen-bond acceptors (Lipinski definition) is 3. The van der Waals surface area contributed by atoms with Crippen LogP contribution in [0.3, 0.4) is 0 Å². The topological polar surface area (TPSA) is 66.2 Å². The summed E-state index contributed by atoms with van der Waals surface area (Å²) in [5, 5.41) is 15.7. The molecule has 2 aromatic rings. The summed E-state index contributed by atoms with van der Waals surface area (Å²) < 4.78 is 4.33. The first-order valence-corrected chi connectivity index (χ1v) is 4.70. The Balaban J connectivity index is 3.05. The van der Waals surface area contributed by atoms with Gasteiger partial charge in [-0.3, -0.25) is 9.36 Å². The second kappa shape index (κ2) is 3.08. The standard InChI is InChI=1S/C9H12N4O2/c1-4-6-7(14)12(3)9-11(2)5-10-13(9)8(6)15/h5H,4H2,1-3H3. The zero-order chi connectivity index (χ0) is 11.2. The van der Waals surface area contributed by atoms with Crippen LogP contribution in [0.5, 0.6) is 5.88 Å². The summed E-state index contributed by atoms with van der Waals surface area (Å²) in [6, 6.07) is 0. The summed E-state index contributed by atoms with van der Waals surface area (Å²) in [7, 11) is 3.38. The van der Waals surface area contributed by atoms with Crippen molar-refractivity contribution in [3.63, 3.8) is 0 Å². The molecule has 0 fully saturated rings. The molecule has 6 heteroatoms. The van der Waals surface area contributed by atoms with E-state index in [1.807, 2.05) is 0 Å². The molecule has 2 aromatic heterocycles. The minimum Gasteiger partial charge on any atom is -0.851 e. The number of aromatic nitrogens is 4. The van der Waals surface area contributed by atoms with Crippen molar-refractivity contribution in [3.05, 3.63) is 22.2 Å². The van der Waals surface area contributed by atoms with Crippen molar-refractivity contribution in [1.29, 1.82) is 0 Å². The molecule has 0 unspecified atom stereocenters.